The van der Waals surface area contributed by atoms with E-state index in [4.69, 9.17) is 0 Å². The van der Waals surface area contributed by atoms with Crippen molar-refractivity contribution >= 4 is 17.4 Å². The molecule has 26 heavy (non-hydrogen) atoms. The molecular weight excluding hydrogens is 343 g/mol. The van der Waals surface area contributed by atoms with Crippen LogP contribution in [0.2, 0.25) is 0 Å². The van der Waals surface area contributed by atoms with Crippen LogP contribution in [-0.4, -0.2) is 24.0 Å². The number of carbonyl (C=O) groups excluding carboxylic acids is 1. The number of aryl methyl sites for hydroxylation is 1. The Bertz CT molecular complexity index is 799. The first-order valence-corrected chi connectivity index (χ1v) is 8.55. The normalized spacial score (nSPS) is 15.0. The third kappa shape index (κ3) is 3.98. The number of piperidine rings is 1. The molecule has 1 aliphatic rings. The van der Waals surface area contributed by atoms with E-state index in [2.05, 4.69) is 15.2 Å². The minimum Gasteiger partial charge on any atom is -0.356 e. The number of nitrogens with one attached hydrogen (secondary N) is 1. The number of anilines is 2. The number of alkyl halides is 3. The summed E-state index contributed by atoms with van der Waals surface area (Å²) in [6.07, 6.45) is 0.371. The molecule has 1 fully saturated rings. The van der Waals surface area contributed by atoms with Crippen molar-refractivity contribution < 1.29 is 18.0 Å². The van der Waals surface area contributed by atoms with Gasteiger partial charge in [-0.05, 0) is 56.0 Å². The van der Waals surface area contributed by atoms with Crippen molar-refractivity contribution in [2.24, 2.45) is 0 Å². The van der Waals surface area contributed by atoms with Crippen molar-refractivity contribution in [3.05, 3.63) is 53.2 Å². The lowest BCUT2D eigenvalue weighted by Gasteiger charge is -2.29. The summed E-state index contributed by atoms with van der Waals surface area (Å²) in [5.74, 6) is 0.114. The third-order valence-corrected chi connectivity index (χ3v) is 4.49. The summed E-state index contributed by atoms with van der Waals surface area (Å²) in [5.41, 5.74) is -0.159. The Balaban J connectivity index is 1.85. The van der Waals surface area contributed by atoms with E-state index >= 15 is 0 Å². The maximum absolute atomic E-state index is 13.1. The molecule has 1 aromatic heterocycles. The largest absolute Gasteiger partial charge is 0.416 e. The molecule has 2 heterocycles. The molecule has 1 N–H and O–H groups in total. The summed E-state index contributed by atoms with van der Waals surface area (Å²) in [7, 11) is 0. The summed E-state index contributed by atoms with van der Waals surface area (Å²) in [4.78, 5) is 19.0. The van der Waals surface area contributed by atoms with Gasteiger partial charge < -0.3 is 10.2 Å². The second-order valence-electron chi connectivity index (χ2n) is 6.40. The highest BCUT2D eigenvalue weighted by Crippen LogP contribution is 2.33. The van der Waals surface area contributed by atoms with Crippen LogP contribution in [0, 0.1) is 6.92 Å². The van der Waals surface area contributed by atoms with E-state index in [9.17, 15) is 18.0 Å². The fraction of sp³-hybridized carbons (Fsp3) is 0.368. The molecule has 1 aliphatic heterocycles. The molecule has 0 saturated carbocycles. The van der Waals surface area contributed by atoms with Gasteiger partial charge in [0.15, 0.2) is 0 Å². The van der Waals surface area contributed by atoms with Crippen LogP contribution in [0.25, 0.3) is 0 Å². The summed E-state index contributed by atoms with van der Waals surface area (Å²) < 4.78 is 39.2. The van der Waals surface area contributed by atoms with Crippen LogP contribution in [0.1, 0.15) is 40.7 Å². The van der Waals surface area contributed by atoms with Crippen LogP contribution in [-0.2, 0) is 6.18 Å². The molecule has 1 aromatic carbocycles. The molecule has 0 bridgehead atoms. The van der Waals surface area contributed by atoms with Gasteiger partial charge in [-0.3, -0.25) is 4.79 Å². The Morgan fingerprint density at radius 1 is 1.15 bits per heavy atom. The molecule has 7 heteroatoms. The van der Waals surface area contributed by atoms with E-state index < -0.39 is 17.6 Å². The predicted molar refractivity (Wildman–Crippen MR) is 94.4 cm³/mol. The number of pyridine rings is 1. The number of benzene rings is 1. The third-order valence-electron chi connectivity index (χ3n) is 4.49. The molecule has 0 spiro atoms. The van der Waals surface area contributed by atoms with Gasteiger partial charge >= 0.3 is 6.18 Å². The lowest BCUT2D eigenvalue weighted by Crippen LogP contribution is -2.32. The Labute approximate surface area is 150 Å². The summed E-state index contributed by atoms with van der Waals surface area (Å²) in [6.45, 7) is 3.03. The Kier molecular flexibility index (Phi) is 5.15. The van der Waals surface area contributed by atoms with Crippen molar-refractivity contribution in [1.82, 2.24) is 4.98 Å². The summed E-state index contributed by atoms with van der Waals surface area (Å²) >= 11 is 0. The van der Waals surface area contributed by atoms with Crippen molar-refractivity contribution in [1.29, 1.82) is 0 Å². The predicted octanol–water partition coefficient (Wildman–Crippen LogP) is 4.65. The van der Waals surface area contributed by atoms with Gasteiger partial charge in [-0.1, -0.05) is 6.07 Å². The standard InChI is InChI=1S/C19H20F3N3O/c1-13-7-8-14(12-16(13)19(20,21)22)24-18(26)15-6-5-9-23-17(15)25-10-3-2-4-11-25/h5-9,12H,2-4,10-11H2,1H3,(H,24,26). The number of amides is 1. The zero-order valence-corrected chi connectivity index (χ0v) is 14.4. The Morgan fingerprint density at radius 2 is 1.88 bits per heavy atom. The minimum atomic E-state index is -4.46. The molecule has 1 amide bonds. The van der Waals surface area contributed by atoms with E-state index in [-0.39, 0.29) is 11.3 Å². The summed E-state index contributed by atoms with van der Waals surface area (Å²) in [5, 5.41) is 2.57. The summed E-state index contributed by atoms with van der Waals surface area (Å²) in [6, 6.07) is 7.08. The monoisotopic (exact) mass is 363 g/mol. The zero-order valence-electron chi connectivity index (χ0n) is 14.4. The molecular formula is C19H20F3N3O. The molecule has 3 rings (SSSR count). The van der Waals surface area contributed by atoms with Gasteiger partial charge in [-0.2, -0.15) is 13.2 Å². The molecule has 0 unspecified atom stereocenters. The van der Waals surface area contributed by atoms with E-state index in [1.807, 2.05) is 0 Å². The smallest absolute Gasteiger partial charge is 0.356 e. The average Bonchev–Trinajstić information content (AvgIpc) is 2.63. The van der Waals surface area contributed by atoms with E-state index in [1.165, 1.54) is 19.1 Å². The maximum atomic E-state index is 13.1. The fourth-order valence-electron chi connectivity index (χ4n) is 3.14. The van der Waals surface area contributed by atoms with Gasteiger partial charge in [-0.25, -0.2) is 4.98 Å². The van der Waals surface area contributed by atoms with Crippen molar-refractivity contribution in [2.75, 3.05) is 23.3 Å². The molecule has 4 nitrogen and oxygen atoms in total. The molecule has 0 atom stereocenters. The van der Waals surface area contributed by atoms with Crippen molar-refractivity contribution in [2.45, 2.75) is 32.4 Å². The maximum Gasteiger partial charge on any atom is 0.416 e. The minimum absolute atomic E-state index is 0.112. The number of nitrogens with zero attached hydrogens (tertiary/aromatic N) is 2. The Morgan fingerprint density at radius 3 is 2.58 bits per heavy atom. The van der Waals surface area contributed by atoms with Crippen LogP contribution < -0.4 is 10.2 Å². The van der Waals surface area contributed by atoms with E-state index in [0.717, 1.165) is 38.4 Å². The van der Waals surface area contributed by atoms with E-state index in [0.29, 0.717) is 11.4 Å². The molecule has 138 valence electrons. The SMILES string of the molecule is Cc1ccc(NC(=O)c2cccnc2N2CCCCC2)cc1C(F)(F)F. The molecule has 0 radical (unpaired) electrons. The van der Waals surface area contributed by atoms with Gasteiger partial charge in [-0.15, -0.1) is 0 Å². The Hall–Kier alpha value is -2.57. The quantitative estimate of drug-likeness (QED) is 0.863. The molecule has 2 aromatic rings. The van der Waals surface area contributed by atoms with Crippen LogP contribution in [0.5, 0.6) is 0 Å². The zero-order chi connectivity index (χ0) is 18.7. The molecule has 0 aliphatic carbocycles. The number of aromatic nitrogens is 1. The lowest BCUT2D eigenvalue weighted by atomic mass is 10.1. The van der Waals surface area contributed by atoms with Gasteiger partial charge in [0.05, 0.1) is 11.1 Å². The number of halogens is 3. The van der Waals surface area contributed by atoms with E-state index in [1.54, 1.807) is 18.3 Å². The highest BCUT2D eigenvalue weighted by atomic mass is 19.4. The first-order valence-electron chi connectivity index (χ1n) is 8.55. The van der Waals surface area contributed by atoms with Gasteiger partial charge in [0.25, 0.3) is 5.91 Å². The highest BCUT2D eigenvalue weighted by Gasteiger charge is 2.32. The number of carbonyl (C=O) groups is 1. The van der Waals surface area contributed by atoms with Crippen LogP contribution >= 0.6 is 0 Å². The second-order valence-corrected chi connectivity index (χ2v) is 6.40. The second kappa shape index (κ2) is 7.35. The van der Waals surface area contributed by atoms with Crippen LogP contribution in [0.3, 0.4) is 0 Å². The van der Waals surface area contributed by atoms with Gasteiger partial charge in [0.2, 0.25) is 0 Å². The number of hydrogen-bond acceptors (Lipinski definition) is 3. The highest BCUT2D eigenvalue weighted by molar-refractivity contribution is 6.07. The average molecular weight is 363 g/mol. The fourth-order valence-corrected chi connectivity index (χ4v) is 3.14. The topological polar surface area (TPSA) is 45.2 Å². The van der Waals surface area contributed by atoms with Gasteiger partial charge in [0, 0.05) is 25.0 Å². The first-order chi connectivity index (χ1) is 12.4. The first kappa shape index (κ1) is 18.2. The van der Waals surface area contributed by atoms with Crippen molar-refractivity contribution in [3.63, 3.8) is 0 Å². The number of rotatable bonds is 3. The number of hydrogen-bond donors (Lipinski definition) is 1. The van der Waals surface area contributed by atoms with Crippen LogP contribution in [0.15, 0.2) is 36.5 Å². The van der Waals surface area contributed by atoms with Gasteiger partial charge in [0.1, 0.15) is 5.82 Å². The lowest BCUT2D eigenvalue weighted by molar-refractivity contribution is -0.138. The van der Waals surface area contributed by atoms with Crippen molar-refractivity contribution in [3.8, 4) is 0 Å². The molecule has 1 saturated heterocycles. The van der Waals surface area contributed by atoms with Crippen LogP contribution in [0.4, 0.5) is 24.7 Å².